The van der Waals surface area contributed by atoms with Crippen LogP contribution in [0.1, 0.15) is 18.8 Å². The monoisotopic (exact) mass is 341 g/mol. The van der Waals surface area contributed by atoms with E-state index in [9.17, 15) is 10.1 Å². The second kappa shape index (κ2) is 6.72. The summed E-state index contributed by atoms with van der Waals surface area (Å²) in [6.45, 7) is 2.49. The molecular formula is C17H15N3O3S. The van der Waals surface area contributed by atoms with Crippen LogP contribution in [-0.4, -0.2) is 12.5 Å². The van der Waals surface area contributed by atoms with Crippen molar-refractivity contribution in [2.24, 2.45) is 0 Å². The van der Waals surface area contributed by atoms with Crippen LogP contribution in [0.25, 0.3) is 0 Å². The molecule has 0 bridgehead atoms. The zero-order chi connectivity index (χ0) is 17.1. The van der Waals surface area contributed by atoms with Gasteiger partial charge in [-0.2, -0.15) is 5.26 Å². The Balaban J connectivity index is 2.06. The van der Waals surface area contributed by atoms with E-state index in [4.69, 9.17) is 9.15 Å². The second-order valence-electron chi connectivity index (χ2n) is 5.00. The standard InChI is InChI=1S/C17H15N3O3S/c1-2-22-12-7-5-11(6-8-12)20-15(14-4-3-9-23-14)19-16(21)13(10-18)17(20)24/h3-9,15,24H,2H2,1H3,(H,19,21)/t15-/m1/s1. The predicted octanol–water partition coefficient (Wildman–Crippen LogP) is 2.98. The van der Waals surface area contributed by atoms with Crippen LogP contribution in [0.4, 0.5) is 5.69 Å². The number of amides is 1. The van der Waals surface area contributed by atoms with Crippen LogP contribution in [0, 0.1) is 11.3 Å². The minimum atomic E-state index is -0.588. The number of hydrogen-bond acceptors (Lipinski definition) is 6. The Morgan fingerprint density at radius 3 is 2.71 bits per heavy atom. The summed E-state index contributed by atoms with van der Waals surface area (Å²) in [7, 11) is 0. The third-order valence-electron chi connectivity index (χ3n) is 3.56. The van der Waals surface area contributed by atoms with Crippen molar-refractivity contribution in [1.29, 1.82) is 5.26 Å². The molecule has 0 saturated carbocycles. The van der Waals surface area contributed by atoms with E-state index in [1.54, 1.807) is 17.0 Å². The lowest BCUT2D eigenvalue weighted by atomic mass is 10.1. The topological polar surface area (TPSA) is 78.5 Å². The Kier molecular flexibility index (Phi) is 4.49. The van der Waals surface area contributed by atoms with Crippen molar-refractivity contribution < 1.29 is 13.9 Å². The van der Waals surface area contributed by atoms with Gasteiger partial charge in [-0.3, -0.25) is 4.79 Å². The quantitative estimate of drug-likeness (QED) is 0.836. The molecule has 0 aliphatic carbocycles. The summed E-state index contributed by atoms with van der Waals surface area (Å²) in [6.07, 6.45) is 0.939. The number of hydrogen-bond donors (Lipinski definition) is 2. The number of thiol groups is 1. The van der Waals surface area contributed by atoms with Crippen molar-refractivity contribution in [2.45, 2.75) is 13.1 Å². The maximum Gasteiger partial charge on any atom is 0.266 e. The lowest BCUT2D eigenvalue weighted by Crippen LogP contribution is -2.45. The number of nitrogens with zero attached hydrogens (tertiary/aromatic N) is 2. The highest BCUT2D eigenvalue weighted by Crippen LogP contribution is 2.36. The number of nitriles is 1. The number of carbonyl (C=O) groups excluding carboxylic acids is 1. The average molecular weight is 341 g/mol. The van der Waals surface area contributed by atoms with Gasteiger partial charge in [-0.05, 0) is 43.3 Å². The fraction of sp³-hybridized carbons (Fsp3) is 0.176. The Morgan fingerprint density at radius 2 is 2.12 bits per heavy atom. The molecule has 6 nitrogen and oxygen atoms in total. The van der Waals surface area contributed by atoms with Gasteiger partial charge in [0.25, 0.3) is 5.91 Å². The van der Waals surface area contributed by atoms with Gasteiger partial charge in [-0.25, -0.2) is 0 Å². The maximum absolute atomic E-state index is 12.1. The lowest BCUT2D eigenvalue weighted by molar-refractivity contribution is -0.118. The maximum atomic E-state index is 12.1. The van der Waals surface area contributed by atoms with Crippen LogP contribution >= 0.6 is 12.6 Å². The summed E-state index contributed by atoms with van der Waals surface area (Å²) in [5.41, 5.74) is 0.702. The summed E-state index contributed by atoms with van der Waals surface area (Å²) in [4.78, 5) is 13.9. The first-order chi connectivity index (χ1) is 11.7. The van der Waals surface area contributed by atoms with Crippen LogP contribution in [-0.2, 0) is 4.79 Å². The third kappa shape index (κ3) is 2.84. The van der Waals surface area contributed by atoms with Crippen molar-refractivity contribution in [1.82, 2.24) is 5.32 Å². The van der Waals surface area contributed by atoms with E-state index in [0.717, 1.165) is 11.4 Å². The molecule has 1 aliphatic rings. The third-order valence-corrected chi connectivity index (χ3v) is 3.99. The highest BCUT2D eigenvalue weighted by molar-refractivity contribution is 7.84. The molecule has 1 aliphatic heterocycles. The Bertz CT molecular complexity index is 807. The van der Waals surface area contributed by atoms with Crippen LogP contribution < -0.4 is 15.0 Å². The molecule has 1 aromatic carbocycles. The van der Waals surface area contributed by atoms with Gasteiger partial charge in [-0.15, -0.1) is 12.6 Å². The number of rotatable bonds is 4. The van der Waals surface area contributed by atoms with Crippen molar-refractivity contribution >= 4 is 24.2 Å². The van der Waals surface area contributed by atoms with Crippen molar-refractivity contribution in [2.75, 3.05) is 11.5 Å². The molecule has 0 fully saturated rings. The molecule has 0 saturated heterocycles. The first-order valence-electron chi connectivity index (χ1n) is 7.35. The molecule has 2 aromatic rings. The van der Waals surface area contributed by atoms with Gasteiger partial charge in [0, 0.05) is 5.69 Å². The molecule has 1 aromatic heterocycles. The molecule has 7 heteroatoms. The first kappa shape index (κ1) is 16.0. The van der Waals surface area contributed by atoms with Gasteiger partial charge in [-0.1, -0.05) is 0 Å². The van der Waals surface area contributed by atoms with Crippen molar-refractivity contribution in [3.8, 4) is 11.8 Å². The Hall–Kier alpha value is -2.85. The Labute approximate surface area is 144 Å². The number of carbonyl (C=O) groups is 1. The van der Waals surface area contributed by atoms with Crippen LogP contribution in [0.3, 0.4) is 0 Å². The zero-order valence-electron chi connectivity index (χ0n) is 12.9. The smallest absolute Gasteiger partial charge is 0.266 e. The predicted molar refractivity (Wildman–Crippen MR) is 91.3 cm³/mol. The minimum Gasteiger partial charge on any atom is -0.494 e. The molecule has 0 radical (unpaired) electrons. The van der Waals surface area contributed by atoms with Crippen LogP contribution in [0.5, 0.6) is 5.75 Å². The van der Waals surface area contributed by atoms with E-state index < -0.39 is 12.1 Å². The van der Waals surface area contributed by atoms with E-state index in [1.165, 1.54) is 6.26 Å². The average Bonchev–Trinajstić information content (AvgIpc) is 3.10. The molecule has 0 spiro atoms. The molecule has 2 heterocycles. The molecule has 3 rings (SSSR count). The number of benzene rings is 1. The van der Waals surface area contributed by atoms with Crippen molar-refractivity contribution in [3.63, 3.8) is 0 Å². The van der Waals surface area contributed by atoms with Gasteiger partial charge in [0.05, 0.1) is 17.9 Å². The van der Waals surface area contributed by atoms with Gasteiger partial charge < -0.3 is 19.4 Å². The molecule has 1 atom stereocenters. The van der Waals surface area contributed by atoms with Gasteiger partial charge in [0.2, 0.25) is 0 Å². The van der Waals surface area contributed by atoms with Crippen molar-refractivity contribution in [3.05, 3.63) is 59.0 Å². The summed E-state index contributed by atoms with van der Waals surface area (Å²) >= 11 is 4.41. The van der Waals surface area contributed by atoms with Gasteiger partial charge in [0.1, 0.15) is 23.2 Å². The number of furan rings is 1. The summed E-state index contributed by atoms with van der Waals surface area (Å²) < 4.78 is 10.9. The van der Waals surface area contributed by atoms with E-state index in [2.05, 4.69) is 17.9 Å². The van der Waals surface area contributed by atoms with Crippen LogP contribution in [0.2, 0.25) is 0 Å². The molecule has 1 amide bonds. The molecule has 122 valence electrons. The normalized spacial score (nSPS) is 17.5. The lowest BCUT2D eigenvalue weighted by Gasteiger charge is -2.36. The summed E-state index contributed by atoms with van der Waals surface area (Å²) in [5, 5.41) is 12.3. The van der Waals surface area contributed by atoms with Gasteiger partial charge >= 0.3 is 0 Å². The zero-order valence-corrected chi connectivity index (χ0v) is 13.8. The Morgan fingerprint density at radius 1 is 1.38 bits per heavy atom. The fourth-order valence-electron chi connectivity index (χ4n) is 2.49. The molecule has 0 unspecified atom stereocenters. The number of nitrogens with one attached hydrogen (secondary N) is 1. The fourth-order valence-corrected chi connectivity index (χ4v) is 2.87. The molecule has 24 heavy (non-hydrogen) atoms. The van der Waals surface area contributed by atoms with E-state index in [-0.39, 0.29) is 10.6 Å². The number of anilines is 1. The largest absolute Gasteiger partial charge is 0.494 e. The highest BCUT2D eigenvalue weighted by Gasteiger charge is 2.35. The van der Waals surface area contributed by atoms with E-state index in [0.29, 0.717) is 12.4 Å². The van der Waals surface area contributed by atoms with E-state index >= 15 is 0 Å². The second-order valence-corrected chi connectivity index (χ2v) is 5.42. The minimum absolute atomic E-state index is 0.0463. The SMILES string of the molecule is CCOc1ccc(N2C(S)=C(C#N)C(=O)N[C@H]2c2ccco2)cc1. The summed E-state index contributed by atoms with van der Waals surface area (Å²) in [6, 6.07) is 12.7. The summed E-state index contributed by atoms with van der Waals surface area (Å²) in [5.74, 6) is 0.800. The van der Waals surface area contributed by atoms with E-state index in [1.807, 2.05) is 37.3 Å². The van der Waals surface area contributed by atoms with Crippen LogP contribution in [0.15, 0.2) is 57.7 Å². The highest BCUT2D eigenvalue weighted by atomic mass is 32.1. The molecular weight excluding hydrogens is 326 g/mol. The first-order valence-corrected chi connectivity index (χ1v) is 7.80. The van der Waals surface area contributed by atoms with Gasteiger partial charge in [0.15, 0.2) is 6.17 Å². The number of ether oxygens (including phenoxy) is 1. The molecule has 1 N–H and O–H groups in total.